The molecule has 3 rings (SSSR count). The predicted octanol–water partition coefficient (Wildman–Crippen LogP) is 4.33. The van der Waals surface area contributed by atoms with Crippen LogP contribution in [0.1, 0.15) is 40.0 Å². The van der Waals surface area contributed by atoms with Crippen LogP contribution in [0.3, 0.4) is 0 Å². The van der Waals surface area contributed by atoms with Crippen molar-refractivity contribution in [2.45, 2.75) is 26.8 Å². The van der Waals surface area contributed by atoms with E-state index in [2.05, 4.69) is 33.6 Å². The Balaban J connectivity index is 1.66. The topological polar surface area (TPSA) is 66.9 Å². The second-order valence-electron chi connectivity index (χ2n) is 6.34. The van der Waals surface area contributed by atoms with E-state index in [1.807, 2.05) is 56.3 Å². The molecule has 0 aliphatic heterocycles. The van der Waals surface area contributed by atoms with Crippen molar-refractivity contribution >= 4 is 17.5 Å². The SMILES string of the molecule is Cc1ccc(Nc2ncc(C(=O)NC(C)c3ccccc3)cn2)c(C)c1. The van der Waals surface area contributed by atoms with E-state index in [4.69, 9.17) is 0 Å². The summed E-state index contributed by atoms with van der Waals surface area (Å²) in [6.45, 7) is 6.03. The number of rotatable bonds is 5. The Hall–Kier alpha value is -3.21. The minimum Gasteiger partial charge on any atom is -0.345 e. The molecule has 0 spiro atoms. The lowest BCUT2D eigenvalue weighted by Gasteiger charge is -2.14. The maximum absolute atomic E-state index is 12.4. The summed E-state index contributed by atoms with van der Waals surface area (Å²) >= 11 is 0. The highest BCUT2D eigenvalue weighted by Gasteiger charge is 2.12. The molecule has 1 unspecified atom stereocenters. The average Bonchev–Trinajstić information content (AvgIpc) is 2.65. The van der Waals surface area contributed by atoms with Crippen LogP contribution < -0.4 is 10.6 Å². The number of anilines is 2. The van der Waals surface area contributed by atoms with Crippen LogP contribution in [0.5, 0.6) is 0 Å². The van der Waals surface area contributed by atoms with E-state index in [0.717, 1.165) is 16.8 Å². The van der Waals surface area contributed by atoms with Gasteiger partial charge < -0.3 is 10.6 Å². The molecule has 0 bridgehead atoms. The Labute approximate surface area is 153 Å². The molecule has 0 saturated heterocycles. The summed E-state index contributed by atoms with van der Waals surface area (Å²) in [5.74, 6) is 0.268. The van der Waals surface area contributed by atoms with Crippen LogP contribution in [-0.2, 0) is 0 Å². The third-order valence-corrected chi connectivity index (χ3v) is 4.19. The maximum Gasteiger partial charge on any atom is 0.254 e. The lowest BCUT2D eigenvalue weighted by molar-refractivity contribution is 0.0939. The highest BCUT2D eigenvalue weighted by Crippen LogP contribution is 2.19. The largest absolute Gasteiger partial charge is 0.345 e. The summed E-state index contributed by atoms with van der Waals surface area (Å²) in [6, 6.07) is 15.9. The first kappa shape index (κ1) is 17.6. The summed E-state index contributed by atoms with van der Waals surface area (Å²) in [5, 5.41) is 6.14. The van der Waals surface area contributed by atoms with Gasteiger partial charge in [0.2, 0.25) is 5.95 Å². The number of aryl methyl sites for hydroxylation is 2. The molecule has 26 heavy (non-hydrogen) atoms. The summed E-state index contributed by atoms with van der Waals surface area (Å²) in [6.07, 6.45) is 3.07. The molecule has 2 N–H and O–H groups in total. The van der Waals surface area contributed by atoms with E-state index >= 15 is 0 Å². The lowest BCUT2D eigenvalue weighted by atomic mass is 10.1. The van der Waals surface area contributed by atoms with Crippen molar-refractivity contribution in [2.75, 3.05) is 5.32 Å². The zero-order valence-electron chi connectivity index (χ0n) is 15.2. The number of benzene rings is 2. The molecular formula is C21H22N4O. The Bertz CT molecular complexity index is 892. The van der Waals surface area contributed by atoms with E-state index in [1.54, 1.807) is 0 Å². The third-order valence-electron chi connectivity index (χ3n) is 4.19. The average molecular weight is 346 g/mol. The molecule has 1 amide bonds. The Morgan fingerprint density at radius 1 is 1.00 bits per heavy atom. The van der Waals surface area contributed by atoms with Crippen LogP contribution in [0.25, 0.3) is 0 Å². The Kier molecular flexibility index (Phi) is 5.27. The summed E-state index contributed by atoms with van der Waals surface area (Å²) in [4.78, 5) is 20.9. The van der Waals surface area contributed by atoms with E-state index in [-0.39, 0.29) is 11.9 Å². The van der Waals surface area contributed by atoms with Gasteiger partial charge in [-0.2, -0.15) is 0 Å². The molecule has 0 saturated carbocycles. The highest BCUT2D eigenvalue weighted by molar-refractivity contribution is 5.93. The smallest absolute Gasteiger partial charge is 0.254 e. The summed E-state index contributed by atoms with van der Waals surface area (Å²) in [5.41, 5.74) is 4.75. The van der Waals surface area contributed by atoms with Crippen molar-refractivity contribution in [3.8, 4) is 0 Å². The van der Waals surface area contributed by atoms with Crippen LogP contribution in [0, 0.1) is 13.8 Å². The van der Waals surface area contributed by atoms with Crippen LogP contribution in [0.4, 0.5) is 11.6 Å². The van der Waals surface area contributed by atoms with Crippen molar-refractivity contribution in [1.29, 1.82) is 0 Å². The number of nitrogens with zero attached hydrogens (tertiary/aromatic N) is 2. The van der Waals surface area contributed by atoms with Crippen molar-refractivity contribution < 1.29 is 4.79 Å². The molecule has 0 fully saturated rings. The van der Waals surface area contributed by atoms with Gasteiger partial charge in [-0.3, -0.25) is 4.79 Å². The summed E-state index contributed by atoms with van der Waals surface area (Å²) in [7, 11) is 0. The fraction of sp³-hybridized carbons (Fsp3) is 0.190. The van der Waals surface area contributed by atoms with Gasteiger partial charge in [0.15, 0.2) is 0 Å². The third kappa shape index (κ3) is 4.25. The fourth-order valence-electron chi connectivity index (χ4n) is 2.69. The monoisotopic (exact) mass is 346 g/mol. The van der Waals surface area contributed by atoms with E-state index in [1.165, 1.54) is 18.0 Å². The Morgan fingerprint density at radius 2 is 1.69 bits per heavy atom. The van der Waals surface area contributed by atoms with Crippen molar-refractivity contribution in [3.63, 3.8) is 0 Å². The minimum absolute atomic E-state index is 0.0864. The number of carbonyl (C=O) groups excluding carboxylic acids is 1. The number of carbonyl (C=O) groups is 1. The Morgan fingerprint density at radius 3 is 2.35 bits per heavy atom. The van der Waals surface area contributed by atoms with Gasteiger partial charge in [0.1, 0.15) is 0 Å². The number of aromatic nitrogens is 2. The molecule has 0 aliphatic rings. The number of amides is 1. The van der Waals surface area contributed by atoms with Crippen molar-refractivity contribution in [3.05, 3.63) is 83.2 Å². The molecule has 5 heteroatoms. The van der Waals surface area contributed by atoms with Crippen LogP contribution in [0.2, 0.25) is 0 Å². The first-order chi connectivity index (χ1) is 12.5. The van der Waals surface area contributed by atoms with E-state index < -0.39 is 0 Å². The predicted molar refractivity (Wildman–Crippen MR) is 104 cm³/mol. The number of hydrogen-bond donors (Lipinski definition) is 2. The van der Waals surface area contributed by atoms with Crippen LogP contribution >= 0.6 is 0 Å². The lowest BCUT2D eigenvalue weighted by Crippen LogP contribution is -2.26. The van der Waals surface area contributed by atoms with Gasteiger partial charge >= 0.3 is 0 Å². The van der Waals surface area contributed by atoms with Crippen molar-refractivity contribution in [1.82, 2.24) is 15.3 Å². The first-order valence-corrected chi connectivity index (χ1v) is 8.55. The van der Waals surface area contributed by atoms with Crippen molar-refractivity contribution in [2.24, 2.45) is 0 Å². The molecular weight excluding hydrogens is 324 g/mol. The molecule has 2 aromatic carbocycles. The summed E-state index contributed by atoms with van der Waals surface area (Å²) < 4.78 is 0. The quantitative estimate of drug-likeness (QED) is 0.722. The minimum atomic E-state index is -0.195. The first-order valence-electron chi connectivity index (χ1n) is 8.55. The molecule has 0 radical (unpaired) electrons. The van der Waals surface area contributed by atoms with Gasteiger partial charge in [-0.15, -0.1) is 0 Å². The fourth-order valence-corrected chi connectivity index (χ4v) is 2.69. The number of nitrogens with one attached hydrogen (secondary N) is 2. The standard InChI is InChI=1S/C21H22N4O/c1-14-9-10-19(15(2)11-14)25-21-22-12-18(13-23-21)20(26)24-16(3)17-7-5-4-6-8-17/h4-13,16H,1-3H3,(H,24,26)(H,22,23,25). The molecule has 0 aliphatic carbocycles. The van der Waals surface area contributed by atoms with Crippen LogP contribution in [0.15, 0.2) is 60.9 Å². The second-order valence-corrected chi connectivity index (χ2v) is 6.34. The van der Waals surface area contributed by atoms with Gasteiger partial charge in [0.05, 0.1) is 11.6 Å². The highest BCUT2D eigenvalue weighted by atomic mass is 16.1. The zero-order chi connectivity index (χ0) is 18.5. The van der Waals surface area contributed by atoms with Gasteiger partial charge in [0.25, 0.3) is 5.91 Å². The molecule has 1 heterocycles. The molecule has 1 aromatic heterocycles. The van der Waals surface area contributed by atoms with Gasteiger partial charge in [-0.25, -0.2) is 9.97 Å². The number of hydrogen-bond acceptors (Lipinski definition) is 4. The van der Waals surface area contributed by atoms with Gasteiger partial charge in [0, 0.05) is 18.1 Å². The van der Waals surface area contributed by atoms with Gasteiger partial charge in [-0.05, 0) is 38.0 Å². The van der Waals surface area contributed by atoms with Crippen LogP contribution in [-0.4, -0.2) is 15.9 Å². The van der Waals surface area contributed by atoms with Gasteiger partial charge in [-0.1, -0.05) is 48.0 Å². The normalized spacial score (nSPS) is 11.7. The van der Waals surface area contributed by atoms with E-state index in [0.29, 0.717) is 11.5 Å². The second kappa shape index (κ2) is 7.78. The zero-order valence-corrected chi connectivity index (χ0v) is 15.2. The molecule has 1 atom stereocenters. The molecule has 132 valence electrons. The van der Waals surface area contributed by atoms with E-state index in [9.17, 15) is 4.79 Å². The maximum atomic E-state index is 12.4. The molecule has 5 nitrogen and oxygen atoms in total. The molecule has 3 aromatic rings.